The molecule has 0 unspecified atom stereocenters. The number of esters is 1. The number of aromatic nitrogens is 2. The number of imidazole rings is 1. The first kappa shape index (κ1) is 11.6. The average molecular weight is 232 g/mol. The van der Waals surface area contributed by atoms with E-state index in [0.29, 0.717) is 0 Å². The molecular formula is C13H16N2O2. The first-order valence-electron chi connectivity index (χ1n) is 5.56. The van der Waals surface area contributed by atoms with Crippen molar-refractivity contribution in [2.24, 2.45) is 0 Å². The summed E-state index contributed by atoms with van der Waals surface area (Å²) in [5.41, 5.74) is 4.26. The van der Waals surface area contributed by atoms with Crippen molar-refractivity contribution >= 4 is 17.0 Å². The molecule has 0 N–H and O–H groups in total. The zero-order valence-electron chi connectivity index (χ0n) is 10.5. The van der Waals surface area contributed by atoms with E-state index in [0.717, 1.165) is 11.0 Å². The van der Waals surface area contributed by atoms with E-state index in [-0.39, 0.29) is 12.0 Å². The number of hydrogen-bond donors (Lipinski definition) is 0. The Kier molecular flexibility index (Phi) is 2.88. The Morgan fingerprint density at radius 2 is 2.00 bits per heavy atom. The van der Waals surface area contributed by atoms with Crippen molar-refractivity contribution in [3.05, 3.63) is 29.6 Å². The van der Waals surface area contributed by atoms with Crippen LogP contribution < -0.4 is 0 Å². The number of nitrogens with zero attached hydrogens (tertiary/aromatic N) is 2. The molecule has 1 aromatic heterocycles. The number of hydrogen-bond acceptors (Lipinski definition) is 3. The number of rotatable bonds is 2. The molecule has 0 aliphatic heterocycles. The van der Waals surface area contributed by atoms with Crippen LogP contribution in [0.3, 0.4) is 0 Å². The van der Waals surface area contributed by atoms with Crippen molar-refractivity contribution < 1.29 is 9.53 Å². The molecule has 1 aromatic carbocycles. The van der Waals surface area contributed by atoms with Crippen LogP contribution in [0, 0.1) is 13.8 Å². The van der Waals surface area contributed by atoms with Crippen LogP contribution >= 0.6 is 0 Å². The monoisotopic (exact) mass is 232 g/mol. The van der Waals surface area contributed by atoms with Gasteiger partial charge in [0.1, 0.15) is 6.04 Å². The van der Waals surface area contributed by atoms with Gasteiger partial charge >= 0.3 is 5.97 Å². The van der Waals surface area contributed by atoms with Crippen molar-refractivity contribution in [1.29, 1.82) is 0 Å². The molecule has 0 spiro atoms. The summed E-state index contributed by atoms with van der Waals surface area (Å²) < 4.78 is 6.59. The minimum absolute atomic E-state index is 0.262. The average Bonchev–Trinajstić information content (AvgIpc) is 2.70. The minimum atomic E-state index is -0.355. The van der Waals surface area contributed by atoms with E-state index in [1.54, 1.807) is 6.33 Å². The molecule has 1 atom stereocenters. The van der Waals surface area contributed by atoms with Gasteiger partial charge in [-0.15, -0.1) is 0 Å². The molecular weight excluding hydrogens is 216 g/mol. The summed E-state index contributed by atoms with van der Waals surface area (Å²) in [7, 11) is 1.40. The molecule has 0 radical (unpaired) electrons. The minimum Gasteiger partial charge on any atom is -0.467 e. The molecule has 1 heterocycles. The Labute approximate surface area is 100 Å². The Balaban J connectivity index is 2.56. The number of carbonyl (C=O) groups is 1. The van der Waals surface area contributed by atoms with E-state index in [9.17, 15) is 4.79 Å². The number of methoxy groups -OCH3 is 1. The molecule has 0 saturated carbocycles. The van der Waals surface area contributed by atoms with Crippen LogP contribution in [0.5, 0.6) is 0 Å². The van der Waals surface area contributed by atoms with E-state index in [2.05, 4.69) is 24.9 Å². The quantitative estimate of drug-likeness (QED) is 0.747. The summed E-state index contributed by atoms with van der Waals surface area (Å²) >= 11 is 0. The van der Waals surface area contributed by atoms with Crippen molar-refractivity contribution in [2.45, 2.75) is 26.8 Å². The SMILES string of the molecule is COC(=O)[C@@H](C)n1cnc2cc(C)c(C)cc21. The second-order valence-electron chi connectivity index (χ2n) is 4.28. The maximum absolute atomic E-state index is 11.5. The lowest BCUT2D eigenvalue weighted by Crippen LogP contribution is -2.16. The third-order valence-electron chi connectivity index (χ3n) is 3.15. The molecule has 2 aromatic rings. The molecule has 4 nitrogen and oxygen atoms in total. The molecule has 2 rings (SSSR count). The fraction of sp³-hybridized carbons (Fsp3) is 0.385. The van der Waals surface area contributed by atoms with Gasteiger partial charge in [-0.2, -0.15) is 0 Å². The van der Waals surface area contributed by atoms with Gasteiger partial charge in [-0.05, 0) is 44.0 Å². The largest absolute Gasteiger partial charge is 0.467 e. The van der Waals surface area contributed by atoms with Crippen LogP contribution in [0.15, 0.2) is 18.5 Å². The third-order valence-corrected chi connectivity index (χ3v) is 3.15. The lowest BCUT2D eigenvalue weighted by Gasteiger charge is -2.12. The smallest absolute Gasteiger partial charge is 0.328 e. The van der Waals surface area contributed by atoms with E-state index in [1.807, 2.05) is 17.6 Å². The zero-order valence-corrected chi connectivity index (χ0v) is 10.5. The Bertz CT molecular complexity index is 572. The second-order valence-corrected chi connectivity index (χ2v) is 4.28. The topological polar surface area (TPSA) is 44.1 Å². The van der Waals surface area contributed by atoms with E-state index in [4.69, 9.17) is 4.74 Å². The summed E-state index contributed by atoms with van der Waals surface area (Å²) in [5.74, 6) is -0.262. The van der Waals surface area contributed by atoms with Crippen LogP contribution in [0.1, 0.15) is 24.1 Å². The van der Waals surface area contributed by atoms with Crippen LogP contribution in [0.2, 0.25) is 0 Å². The molecule has 0 aliphatic rings. The molecule has 0 saturated heterocycles. The number of ether oxygens (including phenoxy) is 1. The standard InChI is InChI=1S/C13H16N2O2/c1-8-5-11-12(6-9(8)2)15(7-14-11)10(3)13(16)17-4/h5-7,10H,1-4H3/t10-/m1/s1. The van der Waals surface area contributed by atoms with Crippen LogP contribution in [-0.2, 0) is 9.53 Å². The number of carbonyl (C=O) groups excluding carboxylic acids is 1. The van der Waals surface area contributed by atoms with Gasteiger partial charge in [-0.1, -0.05) is 0 Å². The van der Waals surface area contributed by atoms with Gasteiger partial charge in [-0.25, -0.2) is 9.78 Å². The molecule has 90 valence electrons. The second kappa shape index (κ2) is 4.20. The van der Waals surface area contributed by atoms with Crippen LogP contribution in [-0.4, -0.2) is 22.6 Å². The lowest BCUT2D eigenvalue weighted by molar-refractivity contribution is -0.143. The maximum atomic E-state index is 11.5. The van der Waals surface area contributed by atoms with E-state index >= 15 is 0 Å². The Hall–Kier alpha value is -1.84. The summed E-state index contributed by atoms with van der Waals surface area (Å²) in [4.78, 5) is 15.8. The summed E-state index contributed by atoms with van der Waals surface area (Å²) in [6.07, 6.45) is 1.69. The van der Waals surface area contributed by atoms with E-state index in [1.165, 1.54) is 18.2 Å². The lowest BCUT2D eigenvalue weighted by atomic mass is 10.1. The summed E-state index contributed by atoms with van der Waals surface area (Å²) in [5, 5.41) is 0. The highest BCUT2D eigenvalue weighted by Crippen LogP contribution is 2.21. The molecule has 0 amide bonds. The van der Waals surface area contributed by atoms with Gasteiger partial charge in [-0.3, -0.25) is 0 Å². The third kappa shape index (κ3) is 1.90. The van der Waals surface area contributed by atoms with Gasteiger partial charge in [0.05, 0.1) is 24.5 Å². The summed E-state index contributed by atoms with van der Waals surface area (Å²) in [6.45, 7) is 5.91. The maximum Gasteiger partial charge on any atom is 0.328 e. The fourth-order valence-corrected chi connectivity index (χ4v) is 1.88. The normalized spacial score (nSPS) is 12.7. The molecule has 4 heteroatoms. The number of benzene rings is 1. The zero-order chi connectivity index (χ0) is 12.6. The molecule has 0 fully saturated rings. The van der Waals surface area contributed by atoms with Gasteiger partial charge < -0.3 is 9.30 Å². The molecule has 17 heavy (non-hydrogen) atoms. The highest BCUT2D eigenvalue weighted by molar-refractivity contribution is 5.81. The van der Waals surface area contributed by atoms with Gasteiger partial charge in [0.15, 0.2) is 0 Å². The Morgan fingerprint density at radius 3 is 2.65 bits per heavy atom. The highest BCUT2D eigenvalue weighted by Gasteiger charge is 2.17. The number of fused-ring (bicyclic) bond motifs is 1. The predicted octanol–water partition coefficient (Wildman–Crippen LogP) is 2.39. The summed E-state index contributed by atoms with van der Waals surface area (Å²) in [6, 6.07) is 3.73. The van der Waals surface area contributed by atoms with Crippen LogP contribution in [0.4, 0.5) is 0 Å². The highest BCUT2D eigenvalue weighted by atomic mass is 16.5. The molecule has 0 aliphatic carbocycles. The van der Waals surface area contributed by atoms with Crippen molar-refractivity contribution in [1.82, 2.24) is 9.55 Å². The predicted molar refractivity (Wildman–Crippen MR) is 65.9 cm³/mol. The van der Waals surface area contributed by atoms with Crippen molar-refractivity contribution in [2.75, 3.05) is 7.11 Å². The number of aryl methyl sites for hydroxylation is 2. The van der Waals surface area contributed by atoms with E-state index < -0.39 is 0 Å². The van der Waals surface area contributed by atoms with Crippen LogP contribution in [0.25, 0.3) is 11.0 Å². The fourth-order valence-electron chi connectivity index (χ4n) is 1.88. The van der Waals surface area contributed by atoms with Gasteiger partial charge in [0.2, 0.25) is 0 Å². The first-order chi connectivity index (χ1) is 8.04. The van der Waals surface area contributed by atoms with Crippen molar-refractivity contribution in [3.63, 3.8) is 0 Å². The molecule has 0 bridgehead atoms. The van der Waals surface area contributed by atoms with Crippen molar-refractivity contribution in [3.8, 4) is 0 Å². The first-order valence-corrected chi connectivity index (χ1v) is 5.56. The Morgan fingerprint density at radius 1 is 1.35 bits per heavy atom. The van der Waals surface area contributed by atoms with Gasteiger partial charge in [0.25, 0.3) is 0 Å². The van der Waals surface area contributed by atoms with Gasteiger partial charge in [0, 0.05) is 0 Å².